The van der Waals surface area contributed by atoms with Crippen molar-refractivity contribution in [3.8, 4) is 11.8 Å². The first-order chi connectivity index (χ1) is 13.0. The van der Waals surface area contributed by atoms with Crippen LogP contribution in [0.5, 0.6) is 0 Å². The Labute approximate surface area is 155 Å². The molecule has 0 saturated heterocycles. The predicted octanol–water partition coefficient (Wildman–Crippen LogP) is 2.68. The highest BCUT2D eigenvalue weighted by Gasteiger charge is 2.24. The van der Waals surface area contributed by atoms with Crippen LogP contribution in [0.3, 0.4) is 0 Å². The number of carboxylic acids is 1. The molecule has 1 aliphatic heterocycles. The summed E-state index contributed by atoms with van der Waals surface area (Å²) in [5.41, 5.74) is 3.72. The first-order valence-corrected chi connectivity index (χ1v) is 8.10. The highest BCUT2D eigenvalue weighted by atomic mass is 16.4. The van der Waals surface area contributed by atoms with Gasteiger partial charge in [-0.3, -0.25) is 9.36 Å². The molecular weight excluding hydrogens is 344 g/mol. The number of aliphatic carboxylic acids is 1. The van der Waals surface area contributed by atoms with Gasteiger partial charge in [0, 0.05) is 30.4 Å². The number of fused-ring (bicyclic) bond motifs is 3. The van der Waals surface area contributed by atoms with E-state index in [9.17, 15) is 10.4 Å². The van der Waals surface area contributed by atoms with Crippen LogP contribution < -0.4 is 0 Å². The Morgan fingerprint density at radius 1 is 1.22 bits per heavy atom. The molecule has 27 heavy (non-hydrogen) atoms. The van der Waals surface area contributed by atoms with Gasteiger partial charge in [0.25, 0.3) is 5.97 Å². The molecule has 1 unspecified atom stereocenters. The number of rotatable bonds is 1. The number of carbonyl (C=O) groups is 1. The number of carboxylic acid groups (broad SMARTS) is 1. The van der Waals surface area contributed by atoms with Crippen molar-refractivity contribution in [1.82, 2.24) is 9.55 Å². The second-order valence-electron chi connectivity index (χ2n) is 5.74. The van der Waals surface area contributed by atoms with Gasteiger partial charge in [-0.05, 0) is 18.2 Å². The Kier molecular flexibility index (Phi) is 5.11. The van der Waals surface area contributed by atoms with Gasteiger partial charge in [0.2, 0.25) is 6.23 Å². The van der Waals surface area contributed by atoms with Gasteiger partial charge >= 0.3 is 0 Å². The number of hydrogen-bond donors (Lipinski definition) is 2. The average molecular weight is 360 g/mol. The Bertz CT molecular complexity index is 1040. The molecule has 7 nitrogen and oxygen atoms in total. The van der Waals surface area contributed by atoms with Gasteiger partial charge in [0.1, 0.15) is 0 Å². The molecule has 0 aliphatic carbocycles. The quantitative estimate of drug-likeness (QED) is 0.693. The van der Waals surface area contributed by atoms with Crippen molar-refractivity contribution in [2.24, 2.45) is 4.99 Å². The van der Waals surface area contributed by atoms with E-state index in [1.165, 1.54) is 0 Å². The summed E-state index contributed by atoms with van der Waals surface area (Å²) >= 11 is 0. The molecule has 0 amide bonds. The summed E-state index contributed by atoms with van der Waals surface area (Å²) in [5, 5.41) is 27.1. The van der Waals surface area contributed by atoms with Crippen LogP contribution in [0.1, 0.15) is 35.7 Å². The average Bonchev–Trinajstić information content (AvgIpc) is 3.11. The zero-order valence-electron chi connectivity index (χ0n) is 14.4. The summed E-state index contributed by atoms with van der Waals surface area (Å²) in [5.74, 6) is -0.373. The summed E-state index contributed by atoms with van der Waals surface area (Å²) in [6.45, 7) is 1.08. The third kappa shape index (κ3) is 3.76. The van der Waals surface area contributed by atoms with Gasteiger partial charge < -0.3 is 10.2 Å². The van der Waals surface area contributed by atoms with E-state index < -0.39 is 12.2 Å². The smallest absolute Gasteiger partial charge is 0.300 e. The van der Waals surface area contributed by atoms with Crippen molar-refractivity contribution >= 4 is 11.7 Å². The highest BCUT2D eigenvalue weighted by molar-refractivity contribution is 6.15. The number of nitriles is 1. The SMILES string of the molecule is CC(=O)O.N#Cc1ccc2c(c1)C(c1ccccc1)=NC(O)c1nccn1-2. The normalized spacial score (nSPS) is 14.4. The summed E-state index contributed by atoms with van der Waals surface area (Å²) in [6.07, 6.45) is 2.36. The summed E-state index contributed by atoms with van der Waals surface area (Å²) < 4.78 is 1.81. The van der Waals surface area contributed by atoms with Crippen LogP contribution in [0.4, 0.5) is 0 Å². The lowest BCUT2D eigenvalue weighted by Gasteiger charge is -2.11. The summed E-state index contributed by atoms with van der Waals surface area (Å²) in [7, 11) is 0. The molecule has 1 atom stereocenters. The number of benzene rings is 2. The molecule has 2 N–H and O–H groups in total. The maximum atomic E-state index is 10.4. The van der Waals surface area contributed by atoms with Crippen LogP contribution in [0.25, 0.3) is 5.69 Å². The molecular formula is C20H16N4O3. The second-order valence-corrected chi connectivity index (χ2v) is 5.74. The number of nitrogens with zero attached hydrogens (tertiary/aromatic N) is 4. The molecule has 0 saturated carbocycles. The van der Waals surface area contributed by atoms with E-state index in [0.29, 0.717) is 17.1 Å². The number of aliphatic hydroxyl groups excluding tert-OH is 1. The number of aromatic nitrogens is 2. The maximum absolute atomic E-state index is 10.4. The molecule has 7 heteroatoms. The third-order valence-electron chi connectivity index (χ3n) is 3.84. The minimum Gasteiger partial charge on any atom is -0.481 e. The van der Waals surface area contributed by atoms with Crippen LogP contribution in [-0.2, 0) is 4.79 Å². The lowest BCUT2D eigenvalue weighted by molar-refractivity contribution is -0.134. The fraction of sp³-hybridized carbons (Fsp3) is 0.100. The molecule has 4 rings (SSSR count). The molecule has 2 heterocycles. The fourth-order valence-corrected chi connectivity index (χ4v) is 2.79. The molecule has 134 valence electrons. The molecule has 0 fully saturated rings. The Morgan fingerprint density at radius 2 is 1.93 bits per heavy atom. The first-order valence-electron chi connectivity index (χ1n) is 8.10. The van der Waals surface area contributed by atoms with Crippen LogP contribution in [0.2, 0.25) is 0 Å². The van der Waals surface area contributed by atoms with Crippen LogP contribution in [0.15, 0.2) is 65.9 Å². The standard InChI is InChI=1S/C18H12N4O.C2H4O2/c19-11-12-6-7-15-14(10-12)16(13-4-2-1-3-5-13)21-18(23)17-20-8-9-22(15)17;1-2(3)4/h1-10,18,23H;1H3,(H,3,4). The van der Waals surface area contributed by atoms with Gasteiger partial charge in [0.15, 0.2) is 5.82 Å². The van der Waals surface area contributed by atoms with Crippen molar-refractivity contribution in [1.29, 1.82) is 5.26 Å². The number of aliphatic hydroxyl groups is 1. The van der Waals surface area contributed by atoms with E-state index in [1.54, 1.807) is 29.1 Å². The first kappa shape index (κ1) is 18.0. The van der Waals surface area contributed by atoms with Gasteiger partial charge in [-0.1, -0.05) is 30.3 Å². The number of hydrogen-bond acceptors (Lipinski definition) is 5. The predicted molar refractivity (Wildman–Crippen MR) is 98.6 cm³/mol. The van der Waals surface area contributed by atoms with Gasteiger partial charge in [-0.2, -0.15) is 5.26 Å². The molecule has 1 aromatic heterocycles. The lowest BCUT2D eigenvalue weighted by Crippen LogP contribution is -2.07. The van der Waals surface area contributed by atoms with Crippen molar-refractivity contribution in [3.63, 3.8) is 0 Å². The summed E-state index contributed by atoms with van der Waals surface area (Å²) in [4.78, 5) is 17.7. The van der Waals surface area contributed by atoms with E-state index >= 15 is 0 Å². The molecule has 2 aromatic carbocycles. The van der Waals surface area contributed by atoms with Gasteiger partial charge in [-0.25, -0.2) is 9.98 Å². The zero-order chi connectivity index (χ0) is 19.4. The number of aliphatic imine (C=N–C) groups is 1. The molecule has 0 spiro atoms. The Balaban J connectivity index is 0.000000481. The van der Waals surface area contributed by atoms with E-state index in [1.807, 2.05) is 36.4 Å². The highest BCUT2D eigenvalue weighted by Crippen LogP contribution is 2.29. The molecule has 1 aliphatic rings. The minimum absolute atomic E-state index is 0.460. The van der Waals surface area contributed by atoms with E-state index in [-0.39, 0.29) is 0 Å². The monoisotopic (exact) mass is 360 g/mol. The van der Waals surface area contributed by atoms with Gasteiger partial charge in [-0.15, -0.1) is 0 Å². The van der Waals surface area contributed by atoms with Crippen molar-refractivity contribution in [3.05, 3.63) is 83.4 Å². The molecule has 0 bridgehead atoms. The molecule has 3 aromatic rings. The van der Waals surface area contributed by atoms with E-state index in [4.69, 9.17) is 9.90 Å². The van der Waals surface area contributed by atoms with Gasteiger partial charge in [0.05, 0.1) is 23.0 Å². The third-order valence-corrected chi connectivity index (χ3v) is 3.84. The zero-order valence-corrected chi connectivity index (χ0v) is 14.4. The minimum atomic E-state index is -1.06. The largest absolute Gasteiger partial charge is 0.481 e. The van der Waals surface area contributed by atoms with Crippen molar-refractivity contribution in [2.75, 3.05) is 0 Å². The Hall–Kier alpha value is -3.76. The van der Waals surface area contributed by atoms with Crippen molar-refractivity contribution < 1.29 is 15.0 Å². The molecule has 0 radical (unpaired) electrons. The van der Waals surface area contributed by atoms with E-state index in [2.05, 4.69) is 16.0 Å². The lowest BCUT2D eigenvalue weighted by atomic mass is 9.98. The van der Waals surface area contributed by atoms with E-state index in [0.717, 1.165) is 23.7 Å². The summed E-state index contributed by atoms with van der Waals surface area (Å²) in [6, 6.07) is 17.2. The Morgan fingerprint density at radius 3 is 2.59 bits per heavy atom. The van der Waals surface area contributed by atoms with Crippen LogP contribution in [0, 0.1) is 11.3 Å². The maximum Gasteiger partial charge on any atom is 0.300 e. The number of imidazole rings is 1. The van der Waals surface area contributed by atoms with Crippen molar-refractivity contribution in [2.45, 2.75) is 13.2 Å². The fourth-order valence-electron chi connectivity index (χ4n) is 2.79. The van der Waals surface area contributed by atoms with Crippen LogP contribution in [-0.4, -0.2) is 31.4 Å². The second kappa shape index (κ2) is 7.64. The topological polar surface area (TPSA) is 112 Å². The van der Waals surface area contributed by atoms with Crippen LogP contribution >= 0.6 is 0 Å².